The van der Waals surface area contributed by atoms with Gasteiger partial charge in [-0.3, -0.25) is 4.79 Å². The van der Waals surface area contributed by atoms with Crippen LogP contribution in [-0.4, -0.2) is 35.6 Å². The van der Waals surface area contributed by atoms with Gasteiger partial charge in [-0.05, 0) is 30.3 Å². The fraction of sp³-hybridized carbons (Fsp3) is 0.263. The highest BCUT2D eigenvalue weighted by atomic mass is 35.5. The molecule has 0 bridgehead atoms. The first kappa shape index (κ1) is 19.0. The summed E-state index contributed by atoms with van der Waals surface area (Å²) in [6.45, 7) is 0.826. The molecule has 146 valence electrons. The van der Waals surface area contributed by atoms with Crippen LogP contribution in [0.1, 0.15) is 23.2 Å². The number of amides is 3. The number of nitrogens with one attached hydrogen (secondary N) is 2. The highest BCUT2D eigenvalue weighted by Gasteiger charge is 2.45. The molecule has 2 aromatic rings. The number of carbonyl (C=O) groups excluding carboxylic acids is 2. The second-order valence-electron chi connectivity index (χ2n) is 6.83. The average Bonchev–Trinajstić information content (AvgIpc) is 2.98. The summed E-state index contributed by atoms with van der Waals surface area (Å²) >= 11 is 12.2. The molecule has 4 rings (SSSR count). The van der Waals surface area contributed by atoms with Gasteiger partial charge >= 0.3 is 6.03 Å². The predicted molar refractivity (Wildman–Crippen MR) is 105 cm³/mol. The molecule has 2 aliphatic rings. The van der Waals surface area contributed by atoms with Gasteiger partial charge in [0.05, 0.1) is 21.3 Å². The van der Waals surface area contributed by atoms with Crippen molar-refractivity contribution < 1.29 is 14.0 Å². The number of likely N-dealkylation sites (tertiary alicyclic amines) is 1. The van der Waals surface area contributed by atoms with Crippen LogP contribution in [0.15, 0.2) is 42.5 Å². The molecule has 0 radical (unpaired) electrons. The first-order chi connectivity index (χ1) is 13.4. The van der Waals surface area contributed by atoms with Gasteiger partial charge in [-0.25, -0.2) is 19.6 Å². The summed E-state index contributed by atoms with van der Waals surface area (Å²) in [5, 5.41) is 4.91. The zero-order chi connectivity index (χ0) is 19.9. The second-order valence-corrected chi connectivity index (χ2v) is 7.64. The van der Waals surface area contributed by atoms with Gasteiger partial charge in [0.1, 0.15) is 11.5 Å². The van der Waals surface area contributed by atoms with Crippen LogP contribution in [0.3, 0.4) is 0 Å². The Morgan fingerprint density at radius 3 is 2.46 bits per heavy atom. The van der Waals surface area contributed by atoms with E-state index in [0.717, 1.165) is 6.07 Å². The maximum Gasteiger partial charge on any atom is 0.338 e. The topological polar surface area (TPSA) is 64.7 Å². The Morgan fingerprint density at radius 2 is 1.79 bits per heavy atom. The van der Waals surface area contributed by atoms with Gasteiger partial charge < -0.3 is 10.2 Å². The molecule has 2 N–H and O–H groups in total. The Hall–Kier alpha value is -2.35. The van der Waals surface area contributed by atoms with Crippen LogP contribution in [-0.2, 0) is 0 Å². The third kappa shape index (κ3) is 3.41. The molecule has 3 amide bonds. The number of urea groups is 1. The van der Waals surface area contributed by atoms with Crippen LogP contribution < -0.4 is 15.8 Å². The van der Waals surface area contributed by atoms with Gasteiger partial charge in [0.25, 0.3) is 5.91 Å². The van der Waals surface area contributed by atoms with Crippen LogP contribution >= 0.6 is 23.2 Å². The largest absolute Gasteiger partial charge is 0.338 e. The fourth-order valence-corrected chi connectivity index (χ4v) is 3.99. The number of hydrogen-bond donors (Lipinski definition) is 2. The lowest BCUT2D eigenvalue weighted by atomic mass is 9.97. The second kappa shape index (κ2) is 7.24. The minimum Gasteiger partial charge on any atom is -0.338 e. The SMILES string of the molecule is O=C(c1ccc(F)cc1Cl)N1CCC2(CC1)NC(=O)N(c1ccccc1Cl)N2. The van der Waals surface area contributed by atoms with E-state index in [-0.39, 0.29) is 22.5 Å². The van der Waals surface area contributed by atoms with Crippen LogP contribution in [0.25, 0.3) is 0 Å². The molecule has 0 aromatic heterocycles. The van der Waals surface area contributed by atoms with Gasteiger partial charge in [0.15, 0.2) is 0 Å². The maximum atomic E-state index is 13.2. The summed E-state index contributed by atoms with van der Waals surface area (Å²) in [6.07, 6.45) is 1.01. The van der Waals surface area contributed by atoms with Gasteiger partial charge in [-0.1, -0.05) is 35.3 Å². The predicted octanol–water partition coefficient (Wildman–Crippen LogP) is 3.80. The molecule has 2 heterocycles. The molecule has 0 aliphatic carbocycles. The Balaban J connectivity index is 1.46. The van der Waals surface area contributed by atoms with Gasteiger partial charge in [0.2, 0.25) is 0 Å². The van der Waals surface area contributed by atoms with Crippen molar-refractivity contribution in [3.63, 3.8) is 0 Å². The molecule has 28 heavy (non-hydrogen) atoms. The van der Waals surface area contributed by atoms with Crippen LogP contribution in [0.4, 0.5) is 14.9 Å². The zero-order valence-electron chi connectivity index (χ0n) is 14.7. The van der Waals surface area contributed by atoms with E-state index in [1.54, 1.807) is 29.2 Å². The third-order valence-corrected chi connectivity index (χ3v) is 5.67. The first-order valence-corrected chi connectivity index (χ1v) is 9.53. The van der Waals surface area contributed by atoms with Crippen LogP contribution in [0.2, 0.25) is 10.0 Å². The van der Waals surface area contributed by atoms with Gasteiger partial charge in [-0.15, -0.1) is 0 Å². The minimum atomic E-state index is -0.653. The van der Waals surface area contributed by atoms with Crippen molar-refractivity contribution in [3.05, 3.63) is 63.9 Å². The molecule has 2 fully saturated rings. The van der Waals surface area contributed by atoms with E-state index in [9.17, 15) is 14.0 Å². The highest BCUT2D eigenvalue weighted by Crippen LogP contribution is 2.31. The highest BCUT2D eigenvalue weighted by molar-refractivity contribution is 6.34. The summed E-state index contributed by atoms with van der Waals surface area (Å²) < 4.78 is 13.2. The standard InChI is InChI=1S/C19H17Cl2FN4O2/c20-14-3-1-2-4-16(14)26-18(28)23-19(24-26)7-9-25(10-8-19)17(27)13-6-5-12(22)11-15(13)21/h1-6,11,24H,7-10H2,(H,23,28). The summed E-state index contributed by atoms with van der Waals surface area (Å²) in [6, 6.07) is 10.5. The molecular formula is C19H17Cl2FN4O2. The number of para-hydroxylation sites is 1. The molecule has 0 atom stereocenters. The number of rotatable bonds is 2. The average molecular weight is 423 g/mol. The van der Waals surface area contributed by atoms with Crippen molar-refractivity contribution in [2.24, 2.45) is 0 Å². The van der Waals surface area contributed by atoms with Crippen LogP contribution in [0, 0.1) is 5.82 Å². The summed E-state index contributed by atoms with van der Waals surface area (Å²) in [5.41, 5.74) is 3.38. The van der Waals surface area contributed by atoms with E-state index in [1.807, 2.05) is 0 Å². The number of anilines is 1. The smallest absolute Gasteiger partial charge is 0.338 e. The number of halogens is 3. The van der Waals surface area contributed by atoms with E-state index >= 15 is 0 Å². The lowest BCUT2D eigenvalue weighted by Crippen LogP contribution is -2.58. The Bertz CT molecular complexity index is 947. The number of benzene rings is 2. The lowest BCUT2D eigenvalue weighted by Gasteiger charge is -2.39. The number of hydrogen-bond acceptors (Lipinski definition) is 3. The van der Waals surface area contributed by atoms with E-state index in [2.05, 4.69) is 10.7 Å². The molecule has 9 heteroatoms. The molecule has 2 saturated heterocycles. The number of hydrazine groups is 1. The Labute approximate surface area is 171 Å². The number of carbonyl (C=O) groups is 2. The maximum absolute atomic E-state index is 13.2. The van der Waals surface area contributed by atoms with E-state index in [4.69, 9.17) is 23.2 Å². The molecule has 2 aromatic carbocycles. The summed E-state index contributed by atoms with van der Waals surface area (Å²) in [4.78, 5) is 26.8. The molecule has 6 nitrogen and oxygen atoms in total. The van der Waals surface area contributed by atoms with Gasteiger partial charge in [0, 0.05) is 25.9 Å². The molecule has 2 aliphatic heterocycles. The zero-order valence-corrected chi connectivity index (χ0v) is 16.2. The van der Waals surface area contributed by atoms with E-state index in [1.165, 1.54) is 17.1 Å². The van der Waals surface area contributed by atoms with Crippen molar-refractivity contribution in [1.82, 2.24) is 15.6 Å². The molecule has 0 unspecified atom stereocenters. The lowest BCUT2D eigenvalue weighted by molar-refractivity contribution is 0.0641. The summed E-state index contributed by atoms with van der Waals surface area (Å²) in [7, 11) is 0. The summed E-state index contributed by atoms with van der Waals surface area (Å²) in [5.74, 6) is -0.746. The normalized spacial score (nSPS) is 18.5. The van der Waals surface area contributed by atoms with Crippen molar-refractivity contribution in [1.29, 1.82) is 0 Å². The van der Waals surface area contributed by atoms with Crippen LogP contribution in [0.5, 0.6) is 0 Å². The minimum absolute atomic E-state index is 0.0856. The van der Waals surface area contributed by atoms with Crippen molar-refractivity contribution >= 4 is 40.8 Å². The molecule has 0 saturated carbocycles. The van der Waals surface area contributed by atoms with E-state index < -0.39 is 11.5 Å². The van der Waals surface area contributed by atoms with E-state index in [0.29, 0.717) is 36.6 Å². The quantitative estimate of drug-likeness (QED) is 0.773. The van der Waals surface area contributed by atoms with Crippen molar-refractivity contribution in [2.45, 2.75) is 18.5 Å². The molecule has 1 spiro atoms. The first-order valence-electron chi connectivity index (χ1n) is 8.77. The number of piperidine rings is 1. The monoisotopic (exact) mass is 422 g/mol. The molecular weight excluding hydrogens is 406 g/mol. The fourth-order valence-electron chi connectivity index (χ4n) is 3.52. The van der Waals surface area contributed by atoms with Crippen molar-refractivity contribution in [2.75, 3.05) is 18.1 Å². The van der Waals surface area contributed by atoms with Crippen molar-refractivity contribution in [3.8, 4) is 0 Å². The third-order valence-electron chi connectivity index (χ3n) is 5.03. The Morgan fingerprint density at radius 1 is 1.07 bits per heavy atom. The van der Waals surface area contributed by atoms with Gasteiger partial charge in [-0.2, -0.15) is 0 Å². The Kier molecular flexibility index (Phi) is 4.91. The number of nitrogens with zero attached hydrogens (tertiary/aromatic N) is 2.